The van der Waals surface area contributed by atoms with Crippen LogP contribution in [0.3, 0.4) is 0 Å². The van der Waals surface area contributed by atoms with Crippen LogP contribution in [0.5, 0.6) is 5.75 Å². The van der Waals surface area contributed by atoms with Crippen LogP contribution < -0.4 is 10.1 Å². The number of carboxylic acid groups (broad SMARTS) is 1. The highest BCUT2D eigenvalue weighted by molar-refractivity contribution is 5.95. The molecule has 1 heterocycles. The van der Waals surface area contributed by atoms with Crippen molar-refractivity contribution in [1.82, 2.24) is 5.32 Å². The maximum absolute atomic E-state index is 13.2. The summed E-state index contributed by atoms with van der Waals surface area (Å²) in [7, 11) is 0. The Morgan fingerprint density at radius 3 is 2.61 bits per heavy atom. The van der Waals surface area contributed by atoms with Crippen molar-refractivity contribution < 1.29 is 28.6 Å². The molecule has 0 radical (unpaired) electrons. The number of rotatable bonds is 7. The Morgan fingerprint density at radius 2 is 1.89 bits per heavy atom. The van der Waals surface area contributed by atoms with Gasteiger partial charge in [-0.3, -0.25) is 9.59 Å². The third-order valence-electron chi connectivity index (χ3n) is 4.71. The van der Waals surface area contributed by atoms with E-state index < -0.39 is 11.5 Å². The molecule has 1 aliphatic heterocycles. The normalized spacial score (nSPS) is 15.6. The highest BCUT2D eigenvalue weighted by Gasteiger charge is 2.36. The van der Waals surface area contributed by atoms with Crippen LogP contribution in [-0.2, 0) is 16.1 Å². The topological polar surface area (TPSA) is 84.9 Å². The molecular formula is C21H22FNO5. The van der Waals surface area contributed by atoms with Gasteiger partial charge >= 0.3 is 5.97 Å². The van der Waals surface area contributed by atoms with Gasteiger partial charge in [0.05, 0.1) is 12.0 Å². The zero-order chi connectivity index (χ0) is 20.0. The average molecular weight is 387 g/mol. The molecule has 1 saturated heterocycles. The van der Waals surface area contributed by atoms with Crippen LogP contribution >= 0.6 is 0 Å². The number of nitrogens with one attached hydrogen (secondary N) is 1. The van der Waals surface area contributed by atoms with Crippen molar-refractivity contribution in [1.29, 1.82) is 0 Å². The van der Waals surface area contributed by atoms with Gasteiger partial charge in [-0.25, -0.2) is 4.39 Å². The molecule has 2 aromatic carbocycles. The lowest BCUT2D eigenvalue weighted by atomic mass is 9.86. The highest BCUT2D eigenvalue weighted by atomic mass is 19.1. The van der Waals surface area contributed by atoms with E-state index in [9.17, 15) is 19.1 Å². The average Bonchev–Trinajstić information content (AvgIpc) is 2.67. The first kappa shape index (κ1) is 19.8. The molecule has 6 nitrogen and oxygen atoms in total. The fourth-order valence-corrected chi connectivity index (χ4v) is 3.24. The van der Waals surface area contributed by atoms with Crippen LogP contribution in [0.15, 0.2) is 48.5 Å². The minimum atomic E-state index is -0.959. The summed E-state index contributed by atoms with van der Waals surface area (Å²) in [4.78, 5) is 24.0. The Hall–Kier alpha value is -2.93. The van der Waals surface area contributed by atoms with E-state index in [-0.39, 0.29) is 24.8 Å². The van der Waals surface area contributed by atoms with Gasteiger partial charge in [-0.2, -0.15) is 0 Å². The number of carbonyl (C=O) groups is 2. The standard InChI is InChI=1S/C21H22FNO5/c22-17-5-2-6-18(12-17)28-14-15-3-1-4-16(11-15)20(26)23-21(13-19(24)25)7-9-27-10-8-21/h1-6,11-12H,7-10,13-14H2,(H,23,26)(H,24,25). The molecule has 1 amide bonds. The molecule has 2 N–H and O–H groups in total. The van der Waals surface area contributed by atoms with Crippen molar-refractivity contribution in [3.63, 3.8) is 0 Å². The van der Waals surface area contributed by atoms with Gasteiger partial charge in [-0.15, -0.1) is 0 Å². The summed E-state index contributed by atoms with van der Waals surface area (Å²) >= 11 is 0. The minimum Gasteiger partial charge on any atom is -0.489 e. The van der Waals surface area contributed by atoms with E-state index in [1.54, 1.807) is 36.4 Å². The van der Waals surface area contributed by atoms with E-state index in [1.165, 1.54) is 12.1 Å². The SMILES string of the molecule is O=C(O)CC1(NC(=O)c2cccc(COc3cccc(F)c3)c2)CCOCC1. The van der Waals surface area contributed by atoms with E-state index >= 15 is 0 Å². The lowest BCUT2D eigenvalue weighted by Crippen LogP contribution is -2.53. The lowest BCUT2D eigenvalue weighted by molar-refractivity contribution is -0.139. The van der Waals surface area contributed by atoms with Crippen LogP contribution in [0.1, 0.15) is 35.2 Å². The van der Waals surface area contributed by atoms with Crippen molar-refractivity contribution in [2.75, 3.05) is 13.2 Å². The summed E-state index contributed by atoms with van der Waals surface area (Å²) in [6.45, 7) is 1.00. The van der Waals surface area contributed by atoms with Crippen molar-refractivity contribution in [2.24, 2.45) is 0 Å². The number of halogens is 1. The lowest BCUT2D eigenvalue weighted by Gasteiger charge is -2.36. The number of benzene rings is 2. The summed E-state index contributed by atoms with van der Waals surface area (Å²) in [5.41, 5.74) is 0.350. The monoisotopic (exact) mass is 387 g/mol. The number of carboxylic acids is 1. The molecule has 0 unspecified atom stereocenters. The zero-order valence-electron chi connectivity index (χ0n) is 15.3. The number of carbonyl (C=O) groups excluding carboxylic acids is 1. The van der Waals surface area contributed by atoms with Gasteiger partial charge in [0.25, 0.3) is 5.91 Å². The van der Waals surface area contributed by atoms with E-state index in [0.717, 1.165) is 5.56 Å². The maximum Gasteiger partial charge on any atom is 0.305 e. The van der Waals surface area contributed by atoms with Crippen molar-refractivity contribution in [3.05, 3.63) is 65.5 Å². The molecule has 148 valence electrons. The van der Waals surface area contributed by atoms with Gasteiger partial charge in [0, 0.05) is 24.8 Å². The second kappa shape index (κ2) is 8.84. The first-order valence-electron chi connectivity index (χ1n) is 9.05. The summed E-state index contributed by atoms with van der Waals surface area (Å²) in [6, 6.07) is 12.7. The molecule has 28 heavy (non-hydrogen) atoms. The molecular weight excluding hydrogens is 365 g/mol. The summed E-state index contributed by atoms with van der Waals surface area (Å²) in [6.07, 6.45) is 0.755. The van der Waals surface area contributed by atoms with Crippen LogP contribution in [0.2, 0.25) is 0 Å². The molecule has 0 atom stereocenters. The number of hydrogen-bond donors (Lipinski definition) is 2. The molecule has 0 saturated carbocycles. The Labute approximate surface area is 162 Å². The summed E-state index contributed by atoms with van der Waals surface area (Å²) in [5.74, 6) is -1.28. The van der Waals surface area contributed by atoms with E-state index in [4.69, 9.17) is 9.47 Å². The van der Waals surface area contributed by atoms with Crippen LogP contribution in [0.25, 0.3) is 0 Å². The van der Waals surface area contributed by atoms with Crippen molar-refractivity contribution in [3.8, 4) is 5.75 Å². The highest BCUT2D eigenvalue weighted by Crippen LogP contribution is 2.25. The Kier molecular flexibility index (Phi) is 6.26. The molecule has 2 aromatic rings. The first-order chi connectivity index (χ1) is 13.5. The summed E-state index contributed by atoms with van der Waals surface area (Å²) in [5, 5.41) is 12.1. The predicted octanol–water partition coefficient (Wildman–Crippen LogP) is 3.16. The van der Waals surface area contributed by atoms with Gasteiger partial charge in [-0.05, 0) is 42.7 Å². The van der Waals surface area contributed by atoms with Gasteiger partial charge in [-0.1, -0.05) is 18.2 Å². The van der Waals surface area contributed by atoms with Crippen LogP contribution in [-0.4, -0.2) is 35.7 Å². The van der Waals surface area contributed by atoms with Gasteiger partial charge in [0.1, 0.15) is 18.2 Å². The predicted molar refractivity (Wildman–Crippen MR) is 99.7 cm³/mol. The zero-order valence-corrected chi connectivity index (χ0v) is 15.3. The minimum absolute atomic E-state index is 0.148. The van der Waals surface area contributed by atoms with Crippen molar-refractivity contribution >= 4 is 11.9 Å². The van der Waals surface area contributed by atoms with Gasteiger partial charge in [0.15, 0.2) is 0 Å². The Morgan fingerprint density at radius 1 is 1.14 bits per heavy atom. The van der Waals surface area contributed by atoms with Crippen molar-refractivity contribution in [2.45, 2.75) is 31.4 Å². The van der Waals surface area contributed by atoms with Gasteiger partial charge in [0.2, 0.25) is 0 Å². The molecule has 1 fully saturated rings. The van der Waals surface area contributed by atoms with Crippen LogP contribution in [0, 0.1) is 5.82 Å². The number of hydrogen-bond acceptors (Lipinski definition) is 4. The third-order valence-corrected chi connectivity index (χ3v) is 4.71. The Balaban J connectivity index is 1.68. The fraction of sp³-hybridized carbons (Fsp3) is 0.333. The Bertz CT molecular complexity index is 848. The number of ether oxygens (including phenoxy) is 2. The molecule has 0 aromatic heterocycles. The molecule has 1 aliphatic rings. The van der Waals surface area contributed by atoms with Crippen LogP contribution in [0.4, 0.5) is 4.39 Å². The second-order valence-electron chi connectivity index (χ2n) is 6.86. The molecule has 0 aliphatic carbocycles. The maximum atomic E-state index is 13.2. The summed E-state index contributed by atoms with van der Waals surface area (Å²) < 4.78 is 24.1. The van der Waals surface area contributed by atoms with E-state index in [0.29, 0.717) is 37.4 Å². The quantitative estimate of drug-likeness (QED) is 0.762. The molecule has 0 bridgehead atoms. The largest absolute Gasteiger partial charge is 0.489 e. The molecule has 0 spiro atoms. The second-order valence-corrected chi connectivity index (χ2v) is 6.86. The first-order valence-corrected chi connectivity index (χ1v) is 9.05. The third kappa shape index (κ3) is 5.29. The smallest absolute Gasteiger partial charge is 0.305 e. The number of aliphatic carboxylic acids is 1. The van der Waals surface area contributed by atoms with E-state index in [1.807, 2.05) is 0 Å². The van der Waals surface area contributed by atoms with Gasteiger partial charge < -0.3 is 19.9 Å². The molecule has 7 heteroatoms. The number of amides is 1. The van der Waals surface area contributed by atoms with E-state index in [2.05, 4.69) is 5.32 Å². The molecule has 3 rings (SSSR count). The fourth-order valence-electron chi connectivity index (χ4n) is 3.24.